The lowest BCUT2D eigenvalue weighted by atomic mass is 10.2. The van der Waals surface area contributed by atoms with Crippen LogP contribution >= 0.6 is 0 Å². The summed E-state index contributed by atoms with van der Waals surface area (Å²) in [6, 6.07) is 0.0378. The van der Waals surface area contributed by atoms with Gasteiger partial charge in [0.1, 0.15) is 0 Å². The summed E-state index contributed by atoms with van der Waals surface area (Å²) >= 11 is 0. The van der Waals surface area contributed by atoms with Crippen molar-refractivity contribution in [3.63, 3.8) is 0 Å². The molecule has 0 unspecified atom stereocenters. The van der Waals surface area contributed by atoms with Gasteiger partial charge in [-0.2, -0.15) is 13.2 Å². The lowest BCUT2D eigenvalue weighted by Gasteiger charge is -2.27. The second-order valence-corrected chi connectivity index (χ2v) is 4.80. The Morgan fingerprint density at radius 2 is 2.00 bits per heavy atom. The van der Waals surface area contributed by atoms with Crippen LogP contribution in [0.2, 0.25) is 0 Å². The van der Waals surface area contributed by atoms with E-state index in [1.54, 1.807) is 4.90 Å². The minimum Gasteiger partial charge on any atom is -0.339 e. The Kier molecular flexibility index (Phi) is 4.80. The zero-order chi connectivity index (χ0) is 13.1. The van der Waals surface area contributed by atoms with Gasteiger partial charge in [0, 0.05) is 12.6 Å². The van der Waals surface area contributed by atoms with Crippen LogP contribution in [0, 0.1) is 5.92 Å². The van der Waals surface area contributed by atoms with Crippen molar-refractivity contribution < 1.29 is 18.0 Å². The maximum atomic E-state index is 11.9. The minimum atomic E-state index is -4.26. The van der Waals surface area contributed by atoms with E-state index >= 15 is 0 Å². The van der Waals surface area contributed by atoms with E-state index in [-0.39, 0.29) is 18.5 Å². The molecule has 1 amide bonds. The van der Waals surface area contributed by atoms with Crippen molar-refractivity contribution in [2.24, 2.45) is 5.92 Å². The summed E-state index contributed by atoms with van der Waals surface area (Å²) < 4.78 is 35.7. The van der Waals surface area contributed by atoms with Gasteiger partial charge in [0.15, 0.2) is 0 Å². The second kappa shape index (κ2) is 5.71. The van der Waals surface area contributed by atoms with Crippen LogP contribution in [0.1, 0.15) is 26.7 Å². The predicted molar refractivity (Wildman–Crippen MR) is 58.5 cm³/mol. The molecule has 1 rings (SSSR count). The van der Waals surface area contributed by atoms with E-state index in [4.69, 9.17) is 0 Å². The summed E-state index contributed by atoms with van der Waals surface area (Å²) in [7, 11) is 0. The van der Waals surface area contributed by atoms with Crippen molar-refractivity contribution in [1.82, 2.24) is 10.2 Å². The maximum Gasteiger partial charge on any atom is 0.401 e. The highest BCUT2D eigenvalue weighted by molar-refractivity contribution is 5.78. The van der Waals surface area contributed by atoms with Crippen LogP contribution in [-0.2, 0) is 4.79 Å². The molecule has 0 saturated heterocycles. The molecule has 1 N–H and O–H groups in total. The number of nitrogens with one attached hydrogen (secondary N) is 1. The van der Waals surface area contributed by atoms with Gasteiger partial charge >= 0.3 is 6.18 Å². The Balaban J connectivity index is 2.31. The number of amides is 1. The first-order valence-electron chi connectivity index (χ1n) is 5.86. The minimum absolute atomic E-state index is 0.0378. The number of hydrogen-bond acceptors (Lipinski definition) is 2. The highest BCUT2D eigenvalue weighted by atomic mass is 19.4. The molecular weight excluding hydrogens is 233 g/mol. The molecule has 0 spiro atoms. The first-order chi connectivity index (χ1) is 7.79. The lowest BCUT2D eigenvalue weighted by molar-refractivity contribution is -0.135. The molecule has 1 aliphatic carbocycles. The van der Waals surface area contributed by atoms with Crippen LogP contribution < -0.4 is 5.32 Å². The molecule has 0 aromatic heterocycles. The van der Waals surface area contributed by atoms with E-state index in [9.17, 15) is 18.0 Å². The number of nitrogens with zero attached hydrogens (tertiary/aromatic N) is 1. The van der Waals surface area contributed by atoms with Crippen LogP contribution in [-0.4, -0.2) is 42.7 Å². The maximum absolute atomic E-state index is 11.9. The topological polar surface area (TPSA) is 32.3 Å². The van der Waals surface area contributed by atoms with Crippen molar-refractivity contribution in [3.05, 3.63) is 0 Å². The fourth-order valence-electron chi connectivity index (χ4n) is 1.59. The van der Waals surface area contributed by atoms with E-state index in [2.05, 4.69) is 5.32 Å². The third-order valence-electron chi connectivity index (χ3n) is 2.70. The predicted octanol–water partition coefficient (Wildman–Crippen LogP) is 1.79. The summed E-state index contributed by atoms with van der Waals surface area (Å²) in [5.41, 5.74) is 0. The second-order valence-electron chi connectivity index (χ2n) is 4.80. The summed E-state index contributed by atoms with van der Waals surface area (Å²) in [6.07, 6.45) is -2.03. The van der Waals surface area contributed by atoms with E-state index in [1.165, 1.54) is 0 Å². The molecule has 100 valence electrons. The number of alkyl halides is 3. The molecule has 0 heterocycles. The van der Waals surface area contributed by atoms with Crippen LogP contribution in [0.5, 0.6) is 0 Å². The summed E-state index contributed by atoms with van der Waals surface area (Å²) in [6.45, 7) is 3.07. The number of carbonyl (C=O) groups excluding carboxylic acids is 1. The zero-order valence-electron chi connectivity index (χ0n) is 10.2. The molecule has 1 aliphatic rings. The Bertz CT molecular complexity index is 262. The van der Waals surface area contributed by atoms with E-state index in [1.807, 2.05) is 13.8 Å². The van der Waals surface area contributed by atoms with Crippen LogP contribution in [0.4, 0.5) is 13.2 Å². The summed E-state index contributed by atoms with van der Waals surface area (Å²) in [4.78, 5) is 13.4. The fraction of sp³-hybridized carbons (Fsp3) is 0.909. The Morgan fingerprint density at radius 1 is 1.41 bits per heavy atom. The lowest BCUT2D eigenvalue weighted by Crippen LogP contribution is -2.44. The van der Waals surface area contributed by atoms with Gasteiger partial charge in [0.25, 0.3) is 0 Å². The first kappa shape index (κ1) is 14.3. The normalized spacial score (nSPS) is 16.4. The van der Waals surface area contributed by atoms with E-state index in [0.717, 1.165) is 12.8 Å². The molecule has 0 aliphatic heterocycles. The van der Waals surface area contributed by atoms with Gasteiger partial charge in [0.05, 0.1) is 13.1 Å². The number of rotatable bonds is 6. The Morgan fingerprint density at radius 3 is 2.41 bits per heavy atom. The zero-order valence-corrected chi connectivity index (χ0v) is 10.2. The highest BCUT2D eigenvalue weighted by Crippen LogP contribution is 2.30. The smallest absolute Gasteiger partial charge is 0.339 e. The summed E-state index contributed by atoms with van der Waals surface area (Å²) in [5.74, 6) is 0.292. The van der Waals surface area contributed by atoms with Gasteiger partial charge in [-0.25, -0.2) is 0 Å². The molecule has 3 nitrogen and oxygen atoms in total. The Labute approximate surface area is 99.4 Å². The average molecular weight is 252 g/mol. The summed E-state index contributed by atoms with van der Waals surface area (Å²) in [5, 5.41) is 2.14. The number of halogens is 3. The molecule has 0 bridgehead atoms. The van der Waals surface area contributed by atoms with Gasteiger partial charge in [-0.1, -0.05) is 0 Å². The molecule has 1 fully saturated rings. The van der Waals surface area contributed by atoms with Gasteiger partial charge in [-0.3, -0.25) is 4.79 Å². The van der Waals surface area contributed by atoms with Crippen molar-refractivity contribution in [1.29, 1.82) is 0 Å². The third kappa shape index (κ3) is 5.91. The van der Waals surface area contributed by atoms with Gasteiger partial charge in [-0.15, -0.1) is 0 Å². The molecule has 0 radical (unpaired) electrons. The van der Waals surface area contributed by atoms with Gasteiger partial charge < -0.3 is 10.2 Å². The van der Waals surface area contributed by atoms with Crippen LogP contribution in [0.3, 0.4) is 0 Å². The van der Waals surface area contributed by atoms with E-state index < -0.39 is 12.7 Å². The van der Waals surface area contributed by atoms with Crippen LogP contribution in [0.25, 0.3) is 0 Å². The molecule has 6 heteroatoms. The van der Waals surface area contributed by atoms with Crippen LogP contribution in [0.15, 0.2) is 0 Å². The van der Waals surface area contributed by atoms with Gasteiger partial charge in [0.2, 0.25) is 5.91 Å². The number of hydrogen-bond donors (Lipinski definition) is 1. The SMILES string of the molecule is CC(C)N(CC1CC1)C(=O)CNCC(F)(F)F. The quantitative estimate of drug-likeness (QED) is 0.781. The average Bonchev–Trinajstić information content (AvgIpc) is 2.94. The van der Waals surface area contributed by atoms with Crippen molar-refractivity contribution in [2.75, 3.05) is 19.6 Å². The Hall–Kier alpha value is -0.780. The monoisotopic (exact) mass is 252 g/mol. The molecule has 0 aromatic carbocycles. The van der Waals surface area contributed by atoms with Gasteiger partial charge in [-0.05, 0) is 32.6 Å². The first-order valence-corrected chi connectivity index (χ1v) is 5.86. The molecular formula is C11H19F3N2O. The molecule has 17 heavy (non-hydrogen) atoms. The fourth-order valence-corrected chi connectivity index (χ4v) is 1.59. The highest BCUT2D eigenvalue weighted by Gasteiger charge is 2.29. The van der Waals surface area contributed by atoms with Crippen molar-refractivity contribution in [2.45, 2.75) is 38.9 Å². The molecule has 1 saturated carbocycles. The molecule has 0 aromatic rings. The number of carbonyl (C=O) groups is 1. The van der Waals surface area contributed by atoms with Crippen molar-refractivity contribution in [3.8, 4) is 0 Å². The standard InChI is InChI=1S/C11H19F3N2O/c1-8(2)16(6-9-3-4-9)10(17)5-15-7-11(12,13)14/h8-9,15H,3-7H2,1-2H3. The molecule has 0 atom stereocenters. The third-order valence-corrected chi connectivity index (χ3v) is 2.70. The van der Waals surface area contributed by atoms with E-state index in [0.29, 0.717) is 12.5 Å². The van der Waals surface area contributed by atoms with Crippen molar-refractivity contribution >= 4 is 5.91 Å². The largest absolute Gasteiger partial charge is 0.401 e.